The number of nitrogens with one attached hydrogen (secondary N) is 3. The van der Waals surface area contributed by atoms with Crippen molar-refractivity contribution in [3.63, 3.8) is 0 Å². The largest absolute Gasteiger partial charge is 0.355 e. The van der Waals surface area contributed by atoms with Crippen molar-refractivity contribution in [2.24, 2.45) is 0 Å². The van der Waals surface area contributed by atoms with Crippen LogP contribution in [0.2, 0.25) is 0 Å². The summed E-state index contributed by atoms with van der Waals surface area (Å²) in [4.78, 5) is 25.8. The van der Waals surface area contributed by atoms with Crippen LogP contribution in [0, 0.1) is 0 Å². The lowest BCUT2D eigenvalue weighted by Gasteiger charge is -2.05. The molecule has 0 atom stereocenters. The molecular formula is C24H35N3O2. The molecule has 158 valence electrons. The molecule has 0 radical (unpaired) electrons. The van der Waals surface area contributed by atoms with Gasteiger partial charge in [0.15, 0.2) is 0 Å². The average molecular weight is 398 g/mol. The second-order valence-electron chi connectivity index (χ2n) is 6.08. The lowest BCUT2D eigenvalue weighted by Crippen LogP contribution is -2.36. The van der Waals surface area contributed by atoms with Crippen LogP contribution in [0.3, 0.4) is 0 Å². The first kappa shape index (κ1) is 25.9. The molecule has 0 fully saturated rings. The standard InChI is InChI=1S/C22H29N3O2.C2H6/c1-6-9-19-13-21(25-20(19)10-7-2)18(8-3)12-11-16(4)14-24-22(27)15-23-17(5)26;1-2/h6-13,25H,3,14-15H2,1-2,4-5H3,(H,23,26)(H,24,27);1-2H3/b9-6-,10-7-,16-11+,18-12+;. The molecule has 0 aromatic carbocycles. The van der Waals surface area contributed by atoms with E-state index >= 15 is 0 Å². The van der Waals surface area contributed by atoms with Crippen molar-refractivity contribution in [3.05, 3.63) is 65.5 Å². The molecule has 0 bridgehead atoms. The Labute approximate surface area is 175 Å². The maximum atomic E-state index is 11.6. The number of carbonyl (C=O) groups is 2. The summed E-state index contributed by atoms with van der Waals surface area (Å²) < 4.78 is 0. The zero-order chi connectivity index (χ0) is 22.2. The second kappa shape index (κ2) is 14.9. The van der Waals surface area contributed by atoms with E-state index in [4.69, 9.17) is 0 Å². The molecule has 0 saturated heterocycles. The van der Waals surface area contributed by atoms with E-state index in [2.05, 4.69) is 34.3 Å². The fraction of sp³-hybridized carbons (Fsp3) is 0.333. The highest BCUT2D eigenvalue weighted by Gasteiger charge is 2.06. The molecule has 0 saturated carbocycles. The van der Waals surface area contributed by atoms with Gasteiger partial charge in [-0.3, -0.25) is 9.59 Å². The van der Waals surface area contributed by atoms with Gasteiger partial charge in [0.2, 0.25) is 11.8 Å². The number of aromatic nitrogens is 1. The van der Waals surface area contributed by atoms with Crippen molar-refractivity contribution >= 4 is 29.5 Å². The normalized spacial score (nSPS) is 11.9. The van der Waals surface area contributed by atoms with Crippen LogP contribution in [0.25, 0.3) is 17.7 Å². The molecule has 0 aliphatic rings. The van der Waals surface area contributed by atoms with Crippen LogP contribution in [0.5, 0.6) is 0 Å². The Morgan fingerprint density at radius 2 is 1.69 bits per heavy atom. The van der Waals surface area contributed by atoms with Gasteiger partial charge in [0.05, 0.1) is 6.54 Å². The van der Waals surface area contributed by atoms with E-state index in [1.807, 2.05) is 65.0 Å². The Morgan fingerprint density at radius 1 is 1.03 bits per heavy atom. The number of hydrogen-bond donors (Lipinski definition) is 3. The summed E-state index contributed by atoms with van der Waals surface area (Å²) in [7, 11) is 0. The molecule has 2 amide bonds. The smallest absolute Gasteiger partial charge is 0.239 e. The summed E-state index contributed by atoms with van der Waals surface area (Å²) in [6.07, 6.45) is 13.8. The van der Waals surface area contributed by atoms with Crippen LogP contribution in [-0.2, 0) is 9.59 Å². The van der Waals surface area contributed by atoms with Crippen LogP contribution in [0.1, 0.15) is 58.5 Å². The van der Waals surface area contributed by atoms with Crippen LogP contribution < -0.4 is 10.6 Å². The van der Waals surface area contributed by atoms with Gasteiger partial charge in [-0.05, 0) is 44.1 Å². The maximum absolute atomic E-state index is 11.6. The molecule has 3 N–H and O–H groups in total. The van der Waals surface area contributed by atoms with Gasteiger partial charge >= 0.3 is 0 Å². The first-order valence-corrected chi connectivity index (χ1v) is 9.91. The number of aromatic amines is 1. The number of rotatable bonds is 9. The fourth-order valence-corrected chi connectivity index (χ4v) is 2.33. The fourth-order valence-electron chi connectivity index (χ4n) is 2.33. The second-order valence-corrected chi connectivity index (χ2v) is 6.08. The van der Waals surface area contributed by atoms with E-state index in [1.54, 1.807) is 6.08 Å². The van der Waals surface area contributed by atoms with Gasteiger partial charge in [0, 0.05) is 24.9 Å². The third kappa shape index (κ3) is 10.1. The molecule has 0 spiro atoms. The van der Waals surface area contributed by atoms with Gasteiger partial charge in [-0.15, -0.1) is 0 Å². The van der Waals surface area contributed by atoms with Gasteiger partial charge in [0.1, 0.15) is 0 Å². The van der Waals surface area contributed by atoms with Crippen molar-refractivity contribution in [1.29, 1.82) is 0 Å². The Hall–Kier alpha value is -3.08. The van der Waals surface area contributed by atoms with E-state index in [0.717, 1.165) is 28.1 Å². The van der Waals surface area contributed by atoms with E-state index in [9.17, 15) is 9.59 Å². The van der Waals surface area contributed by atoms with Crippen LogP contribution in [0.4, 0.5) is 0 Å². The van der Waals surface area contributed by atoms with Crippen molar-refractivity contribution < 1.29 is 9.59 Å². The van der Waals surface area contributed by atoms with E-state index in [-0.39, 0.29) is 18.4 Å². The summed E-state index contributed by atoms with van der Waals surface area (Å²) in [5, 5.41) is 5.23. The Morgan fingerprint density at radius 3 is 2.24 bits per heavy atom. The summed E-state index contributed by atoms with van der Waals surface area (Å²) in [5.41, 5.74) is 5.08. The molecule has 0 aliphatic carbocycles. The molecule has 29 heavy (non-hydrogen) atoms. The predicted octanol–water partition coefficient (Wildman–Crippen LogP) is 4.88. The van der Waals surface area contributed by atoms with E-state index < -0.39 is 0 Å². The Kier molecular flexibility index (Phi) is 13.3. The van der Waals surface area contributed by atoms with Crippen molar-refractivity contribution in [2.45, 2.75) is 41.5 Å². The van der Waals surface area contributed by atoms with Crippen LogP contribution >= 0.6 is 0 Å². The maximum Gasteiger partial charge on any atom is 0.239 e. The van der Waals surface area contributed by atoms with Crippen molar-refractivity contribution in [2.75, 3.05) is 13.1 Å². The third-order valence-corrected chi connectivity index (χ3v) is 3.70. The summed E-state index contributed by atoms with van der Waals surface area (Å²) in [5.74, 6) is -0.446. The first-order valence-electron chi connectivity index (χ1n) is 9.91. The number of H-pyrrole nitrogens is 1. The predicted molar refractivity (Wildman–Crippen MR) is 125 cm³/mol. The number of allylic oxidation sites excluding steroid dienone is 6. The number of hydrogen-bond acceptors (Lipinski definition) is 2. The highest BCUT2D eigenvalue weighted by Crippen LogP contribution is 2.22. The highest BCUT2D eigenvalue weighted by molar-refractivity contribution is 5.83. The monoisotopic (exact) mass is 397 g/mol. The molecule has 5 nitrogen and oxygen atoms in total. The quantitative estimate of drug-likeness (QED) is 0.520. The highest BCUT2D eigenvalue weighted by atomic mass is 16.2. The van der Waals surface area contributed by atoms with Gasteiger partial charge in [-0.25, -0.2) is 0 Å². The average Bonchev–Trinajstić information content (AvgIpc) is 3.09. The zero-order valence-corrected chi connectivity index (χ0v) is 18.6. The number of carbonyl (C=O) groups excluding carboxylic acids is 2. The lowest BCUT2D eigenvalue weighted by molar-refractivity contribution is -0.124. The molecule has 5 heteroatoms. The minimum atomic E-state index is -0.225. The Bertz CT molecular complexity index is 764. The minimum absolute atomic E-state index is 0.0136. The SMILES string of the molecule is C=C/C(=C\C=C(/C)CNC(=O)CNC(C)=O)c1cc(/C=C\C)c(/C=C\C)[nH]1.CC. The van der Waals surface area contributed by atoms with Crippen LogP contribution in [-0.4, -0.2) is 29.9 Å². The van der Waals surface area contributed by atoms with Gasteiger partial charge in [-0.2, -0.15) is 0 Å². The summed E-state index contributed by atoms with van der Waals surface area (Å²) >= 11 is 0. The van der Waals surface area contributed by atoms with Gasteiger partial charge in [-0.1, -0.05) is 62.5 Å². The first-order chi connectivity index (χ1) is 13.9. The summed E-state index contributed by atoms with van der Waals surface area (Å²) in [6.45, 7) is 15.6. The van der Waals surface area contributed by atoms with Crippen LogP contribution in [0.15, 0.2) is 48.6 Å². The molecule has 1 heterocycles. The molecule has 1 aromatic rings. The molecule has 0 aliphatic heterocycles. The van der Waals surface area contributed by atoms with Gasteiger partial charge < -0.3 is 15.6 Å². The van der Waals surface area contributed by atoms with Crippen molar-refractivity contribution in [1.82, 2.24) is 15.6 Å². The van der Waals surface area contributed by atoms with Crippen molar-refractivity contribution in [3.8, 4) is 0 Å². The Balaban J connectivity index is 0.00000379. The third-order valence-electron chi connectivity index (χ3n) is 3.70. The zero-order valence-electron chi connectivity index (χ0n) is 18.6. The van der Waals surface area contributed by atoms with E-state index in [0.29, 0.717) is 6.54 Å². The molecular weight excluding hydrogens is 362 g/mol. The van der Waals surface area contributed by atoms with E-state index in [1.165, 1.54) is 6.92 Å². The molecule has 1 aromatic heterocycles. The summed E-state index contributed by atoms with van der Waals surface area (Å²) in [6, 6.07) is 2.08. The minimum Gasteiger partial charge on any atom is -0.355 e. The number of amides is 2. The van der Waals surface area contributed by atoms with Gasteiger partial charge in [0.25, 0.3) is 0 Å². The lowest BCUT2D eigenvalue weighted by atomic mass is 10.1. The topological polar surface area (TPSA) is 74.0 Å². The molecule has 1 rings (SSSR count). The molecule has 0 unspecified atom stereocenters.